The van der Waals surface area contributed by atoms with E-state index in [2.05, 4.69) is 10.2 Å². The van der Waals surface area contributed by atoms with Crippen LogP contribution in [0.25, 0.3) is 0 Å². The molecule has 0 aliphatic rings. The molecule has 1 atom stereocenters. The Morgan fingerprint density at radius 2 is 1.58 bits per heavy atom. The van der Waals surface area contributed by atoms with Crippen molar-refractivity contribution < 1.29 is 23.8 Å². The summed E-state index contributed by atoms with van der Waals surface area (Å²) in [6.07, 6.45) is -0.278. The van der Waals surface area contributed by atoms with Gasteiger partial charge in [-0.1, -0.05) is 0 Å². The van der Waals surface area contributed by atoms with E-state index in [1.54, 1.807) is 48.7 Å². The first kappa shape index (κ1) is 29.2. The number of rotatable bonds is 11. The van der Waals surface area contributed by atoms with Crippen LogP contribution in [-0.2, 0) is 20.7 Å². The van der Waals surface area contributed by atoms with E-state index in [9.17, 15) is 9.59 Å². The molecule has 1 aromatic carbocycles. The fourth-order valence-electron chi connectivity index (χ4n) is 3.19. The van der Waals surface area contributed by atoms with Crippen LogP contribution in [0.15, 0.2) is 18.2 Å². The number of hydrogen-bond donors (Lipinski definition) is 1. The third-order valence-electron chi connectivity index (χ3n) is 4.36. The lowest BCUT2D eigenvalue weighted by atomic mass is 10.0. The number of esters is 1. The second kappa shape index (κ2) is 13.1. The minimum absolute atomic E-state index is 0.0169. The maximum atomic E-state index is 12.5. The zero-order valence-corrected chi connectivity index (χ0v) is 22.3. The van der Waals surface area contributed by atoms with Crippen molar-refractivity contribution in [2.45, 2.75) is 71.6 Å². The van der Waals surface area contributed by atoms with E-state index in [0.29, 0.717) is 37.0 Å². The molecule has 1 rings (SSSR count). The summed E-state index contributed by atoms with van der Waals surface area (Å²) in [6.45, 7) is 12.0. The molecule has 1 amide bonds. The van der Waals surface area contributed by atoms with Crippen molar-refractivity contribution in [3.8, 4) is 5.75 Å². The summed E-state index contributed by atoms with van der Waals surface area (Å²) in [5.74, 6) is 1.15. The van der Waals surface area contributed by atoms with Crippen molar-refractivity contribution in [2.75, 3.05) is 36.9 Å². The van der Waals surface area contributed by atoms with E-state index in [-0.39, 0.29) is 6.42 Å². The van der Waals surface area contributed by atoms with Crippen LogP contribution >= 0.6 is 23.2 Å². The molecule has 1 aromatic rings. The predicted octanol–water partition coefficient (Wildman–Crippen LogP) is 5.15. The van der Waals surface area contributed by atoms with Gasteiger partial charge in [-0.25, -0.2) is 4.79 Å². The number of nitrogens with one attached hydrogen (secondary N) is 1. The number of benzene rings is 1. The van der Waals surface area contributed by atoms with E-state index in [0.717, 1.165) is 11.3 Å². The molecular weight excluding hydrogens is 467 g/mol. The Morgan fingerprint density at radius 1 is 1.00 bits per heavy atom. The predicted molar refractivity (Wildman–Crippen MR) is 134 cm³/mol. The van der Waals surface area contributed by atoms with Gasteiger partial charge < -0.3 is 24.4 Å². The summed E-state index contributed by atoms with van der Waals surface area (Å²) in [6, 6.07) is 5.20. The number of amides is 1. The Balaban J connectivity index is 3.20. The lowest BCUT2D eigenvalue weighted by Gasteiger charge is -2.27. The summed E-state index contributed by atoms with van der Waals surface area (Å²) >= 11 is 11.9. The minimum Gasteiger partial charge on any atom is -0.496 e. The van der Waals surface area contributed by atoms with Gasteiger partial charge in [0.1, 0.15) is 17.0 Å². The van der Waals surface area contributed by atoms with Crippen LogP contribution in [0.4, 0.5) is 10.5 Å². The molecule has 0 bridgehead atoms. The molecule has 0 aliphatic heterocycles. The Kier molecular flexibility index (Phi) is 11.6. The molecule has 0 spiro atoms. The van der Waals surface area contributed by atoms with Crippen LogP contribution in [0.1, 0.15) is 53.5 Å². The van der Waals surface area contributed by atoms with Crippen LogP contribution < -0.4 is 15.0 Å². The molecule has 0 fully saturated rings. The van der Waals surface area contributed by atoms with Crippen LogP contribution in [-0.4, -0.2) is 61.3 Å². The quantitative estimate of drug-likeness (QED) is 0.331. The van der Waals surface area contributed by atoms with E-state index >= 15 is 0 Å². The highest BCUT2D eigenvalue weighted by molar-refractivity contribution is 6.18. The molecule has 33 heavy (non-hydrogen) atoms. The molecular formula is C24H38Cl2N2O5. The van der Waals surface area contributed by atoms with Crippen molar-refractivity contribution >= 4 is 41.0 Å². The number of alkyl carbamates (subject to hydrolysis) is 1. The number of carbonyl (C=O) groups is 2. The average molecular weight is 505 g/mol. The summed E-state index contributed by atoms with van der Waals surface area (Å²) in [5, 5.41) is 2.82. The maximum absolute atomic E-state index is 12.5. The number of nitrogens with zero attached hydrogens (tertiary/aromatic N) is 1. The van der Waals surface area contributed by atoms with Gasteiger partial charge >= 0.3 is 12.1 Å². The third kappa shape index (κ3) is 11.7. The topological polar surface area (TPSA) is 77.1 Å². The lowest BCUT2D eigenvalue weighted by Crippen LogP contribution is -2.42. The van der Waals surface area contributed by atoms with E-state index in [1.807, 2.05) is 18.2 Å². The number of halogens is 2. The lowest BCUT2D eigenvalue weighted by molar-refractivity contribution is -0.155. The van der Waals surface area contributed by atoms with Crippen LogP contribution in [0.2, 0.25) is 0 Å². The number of ether oxygens (including phenoxy) is 3. The number of anilines is 1. The number of carbonyl (C=O) groups excluding carboxylic acids is 2. The van der Waals surface area contributed by atoms with Gasteiger partial charge in [0.2, 0.25) is 0 Å². The van der Waals surface area contributed by atoms with Crippen LogP contribution in [0.3, 0.4) is 0 Å². The van der Waals surface area contributed by atoms with Crippen LogP contribution in [0, 0.1) is 0 Å². The van der Waals surface area contributed by atoms with Gasteiger partial charge in [0.15, 0.2) is 0 Å². The molecule has 9 heteroatoms. The molecule has 1 N–H and O–H groups in total. The fraction of sp³-hybridized carbons (Fsp3) is 0.667. The standard InChI is InChI=1S/C24H38Cl2N2O5/c1-23(2,3)32-21(29)16-18(27-22(30)33-24(4,5)6)14-17-15-19(8-9-20(17)31-7)28(12-10-25)13-11-26/h8-9,15,18H,10-14,16H2,1-7H3,(H,27,30)/t18-/m0/s1. The smallest absolute Gasteiger partial charge is 0.407 e. The molecule has 0 radical (unpaired) electrons. The molecule has 0 aromatic heterocycles. The normalized spacial score (nSPS) is 12.6. The van der Waals surface area contributed by atoms with Crippen molar-refractivity contribution in [3.05, 3.63) is 23.8 Å². The van der Waals surface area contributed by atoms with Gasteiger partial charge in [0.05, 0.1) is 13.5 Å². The van der Waals surface area contributed by atoms with Crippen LogP contribution in [0.5, 0.6) is 5.75 Å². The van der Waals surface area contributed by atoms with Crippen molar-refractivity contribution in [2.24, 2.45) is 0 Å². The Morgan fingerprint density at radius 3 is 2.06 bits per heavy atom. The molecule has 188 valence electrons. The van der Waals surface area contributed by atoms with Crippen molar-refractivity contribution in [1.82, 2.24) is 5.32 Å². The molecule has 7 nitrogen and oxygen atoms in total. The van der Waals surface area contributed by atoms with E-state index in [4.69, 9.17) is 37.4 Å². The summed E-state index contributed by atoms with van der Waals surface area (Å²) in [5.41, 5.74) is 0.463. The first-order valence-corrected chi connectivity index (χ1v) is 12.1. The number of hydrogen-bond acceptors (Lipinski definition) is 6. The monoisotopic (exact) mass is 504 g/mol. The van der Waals surface area contributed by atoms with Gasteiger partial charge in [-0.3, -0.25) is 4.79 Å². The van der Waals surface area contributed by atoms with Gasteiger partial charge in [0, 0.05) is 36.6 Å². The number of alkyl halides is 2. The molecule has 0 saturated heterocycles. The summed E-state index contributed by atoms with van der Waals surface area (Å²) in [4.78, 5) is 27.1. The minimum atomic E-state index is -0.665. The van der Waals surface area contributed by atoms with Gasteiger partial charge in [-0.2, -0.15) is 0 Å². The second-order valence-electron chi connectivity index (χ2n) is 9.70. The molecule has 0 saturated carbocycles. The largest absolute Gasteiger partial charge is 0.496 e. The molecule has 0 aliphatic carbocycles. The molecule has 0 unspecified atom stereocenters. The van der Waals surface area contributed by atoms with Gasteiger partial charge in [-0.15, -0.1) is 23.2 Å². The van der Waals surface area contributed by atoms with E-state index in [1.165, 1.54) is 0 Å². The third-order valence-corrected chi connectivity index (χ3v) is 4.70. The first-order chi connectivity index (χ1) is 15.3. The number of methoxy groups -OCH3 is 1. The highest BCUT2D eigenvalue weighted by Crippen LogP contribution is 2.27. The van der Waals surface area contributed by atoms with E-state index < -0.39 is 29.3 Å². The fourth-order valence-corrected chi connectivity index (χ4v) is 3.60. The van der Waals surface area contributed by atoms with Gasteiger partial charge in [0.25, 0.3) is 0 Å². The van der Waals surface area contributed by atoms with Crippen molar-refractivity contribution in [3.63, 3.8) is 0 Å². The second-order valence-corrected chi connectivity index (χ2v) is 10.5. The average Bonchev–Trinajstić information content (AvgIpc) is 2.64. The summed E-state index contributed by atoms with van der Waals surface area (Å²) in [7, 11) is 1.58. The Labute approximate surface area is 208 Å². The Hall–Kier alpha value is -1.86. The first-order valence-electron chi connectivity index (χ1n) is 11.0. The zero-order chi connectivity index (χ0) is 25.2. The highest BCUT2D eigenvalue weighted by atomic mass is 35.5. The SMILES string of the molecule is COc1ccc(N(CCCl)CCCl)cc1C[C@@H](CC(=O)OC(C)(C)C)NC(=O)OC(C)(C)C. The van der Waals surface area contributed by atoms with Crippen molar-refractivity contribution in [1.29, 1.82) is 0 Å². The Bertz CT molecular complexity index is 739. The highest BCUT2D eigenvalue weighted by Gasteiger charge is 2.25. The van der Waals surface area contributed by atoms with Gasteiger partial charge in [-0.05, 0) is 71.7 Å². The maximum Gasteiger partial charge on any atom is 0.407 e. The summed E-state index contributed by atoms with van der Waals surface area (Å²) < 4.78 is 16.4. The molecule has 0 heterocycles. The zero-order valence-electron chi connectivity index (χ0n) is 20.8.